The lowest BCUT2D eigenvalue weighted by molar-refractivity contribution is -0.134. The van der Waals surface area contributed by atoms with Crippen LogP contribution in [0.15, 0.2) is 28.7 Å². The maximum absolute atomic E-state index is 12.1. The fourth-order valence-electron chi connectivity index (χ4n) is 1.95. The van der Waals surface area contributed by atoms with Crippen molar-refractivity contribution in [2.75, 3.05) is 19.7 Å². The molecule has 0 radical (unpaired) electrons. The molecule has 1 aromatic rings. The summed E-state index contributed by atoms with van der Waals surface area (Å²) in [4.78, 5) is 13.7. The van der Waals surface area contributed by atoms with E-state index in [1.807, 2.05) is 31.2 Å². The standard InChI is InChI=1S/C16H24BrNO3/c1-4-18(12-16(2,3)20)15(19)6-5-11-21-14-9-7-13(17)8-10-14/h7-10,20H,4-6,11-12H2,1-3H3. The number of likely N-dealkylation sites (N-methyl/N-ethyl adjacent to an activating group) is 1. The first-order chi connectivity index (χ1) is 9.81. The van der Waals surface area contributed by atoms with Gasteiger partial charge < -0.3 is 14.7 Å². The van der Waals surface area contributed by atoms with Crippen molar-refractivity contribution < 1.29 is 14.6 Å². The van der Waals surface area contributed by atoms with Crippen molar-refractivity contribution >= 4 is 21.8 Å². The van der Waals surface area contributed by atoms with Crippen LogP contribution in [0.25, 0.3) is 0 Å². The van der Waals surface area contributed by atoms with Crippen LogP contribution >= 0.6 is 15.9 Å². The monoisotopic (exact) mass is 357 g/mol. The number of benzene rings is 1. The number of hydrogen-bond donors (Lipinski definition) is 1. The minimum Gasteiger partial charge on any atom is -0.494 e. The molecule has 0 atom stereocenters. The largest absolute Gasteiger partial charge is 0.494 e. The Morgan fingerprint density at radius 2 is 1.95 bits per heavy atom. The van der Waals surface area contributed by atoms with Crippen molar-refractivity contribution in [2.24, 2.45) is 0 Å². The number of ether oxygens (including phenoxy) is 1. The first-order valence-electron chi connectivity index (χ1n) is 7.20. The Bertz CT molecular complexity index is 440. The quantitative estimate of drug-likeness (QED) is 0.726. The van der Waals surface area contributed by atoms with E-state index in [0.717, 1.165) is 10.2 Å². The van der Waals surface area contributed by atoms with Gasteiger partial charge in [-0.2, -0.15) is 0 Å². The SMILES string of the molecule is CCN(CC(C)(C)O)C(=O)CCCOc1ccc(Br)cc1. The zero-order valence-electron chi connectivity index (χ0n) is 12.9. The number of carbonyl (C=O) groups is 1. The van der Waals surface area contributed by atoms with Gasteiger partial charge in [0.2, 0.25) is 5.91 Å². The van der Waals surface area contributed by atoms with Gasteiger partial charge in [0.15, 0.2) is 0 Å². The number of nitrogens with zero attached hydrogens (tertiary/aromatic N) is 1. The molecule has 118 valence electrons. The van der Waals surface area contributed by atoms with Gasteiger partial charge in [-0.3, -0.25) is 4.79 Å². The Kier molecular flexibility index (Phi) is 7.18. The maximum Gasteiger partial charge on any atom is 0.222 e. The molecular formula is C16H24BrNO3. The normalized spacial score (nSPS) is 11.3. The Labute approximate surface area is 135 Å². The van der Waals surface area contributed by atoms with E-state index in [4.69, 9.17) is 4.74 Å². The number of rotatable bonds is 8. The average Bonchev–Trinajstić information content (AvgIpc) is 2.41. The molecular weight excluding hydrogens is 334 g/mol. The molecule has 0 aliphatic rings. The van der Waals surface area contributed by atoms with Gasteiger partial charge >= 0.3 is 0 Å². The topological polar surface area (TPSA) is 49.8 Å². The summed E-state index contributed by atoms with van der Waals surface area (Å²) in [7, 11) is 0. The molecule has 0 fully saturated rings. The van der Waals surface area contributed by atoms with Crippen molar-refractivity contribution in [3.8, 4) is 5.75 Å². The van der Waals surface area contributed by atoms with Gasteiger partial charge in [-0.15, -0.1) is 0 Å². The Hall–Kier alpha value is -1.07. The summed E-state index contributed by atoms with van der Waals surface area (Å²) < 4.78 is 6.59. The zero-order valence-corrected chi connectivity index (χ0v) is 14.5. The highest BCUT2D eigenvalue weighted by atomic mass is 79.9. The molecule has 0 heterocycles. The van der Waals surface area contributed by atoms with Crippen LogP contribution in [0.5, 0.6) is 5.75 Å². The minimum atomic E-state index is -0.862. The van der Waals surface area contributed by atoms with E-state index in [0.29, 0.717) is 32.5 Å². The number of amides is 1. The fourth-order valence-corrected chi connectivity index (χ4v) is 2.21. The molecule has 0 spiro atoms. The molecule has 0 saturated carbocycles. The Balaban J connectivity index is 2.30. The van der Waals surface area contributed by atoms with Gasteiger partial charge in [0.25, 0.3) is 0 Å². The number of halogens is 1. The Morgan fingerprint density at radius 1 is 1.33 bits per heavy atom. The summed E-state index contributed by atoms with van der Waals surface area (Å²) in [6.45, 7) is 6.81. The van der Waals surface area contributed by atoms with Crippen LogP contribution in [0.2, 0.25) is 0 Å². The molecule has 1 aromatic carbocycles. The van der Waals surface area contributed by atoms with Crippen molar-refractivity contribution in [3.63, 3.8) is 0 Å². The highest BCUT2D eigenvalue weighted by Gasteiger charge is 2.20. The lowest BCUT2D eigenvalue weighted by atomic mass is 10.1. The summed E-state index contributed by atoms with van der Waals surface area (Å²) in [5.41, 5.74) is -0.862. The highest BCUT2D eigenvalue weighted by Crippen LogP contribution is 2.16. The number of carbonyl (C=O) groups excluding carboxylic acids is 1. The highest BCUT2D eigenvalue weighted by molar-refractivity contribution is 9.10. The molecule has 4 nitrogen and oxygen atoms in total. The summed E-state index contributed by atoms with van der Waals surface area (Å²) in [6, 6.07) is 7.61. The van der Waals surface area contributed by atoms with Gasteiger partial charge in [0, 0.05) is 24.0 Å². The molecule has 5 heteroatoms. The van der Waals surface area contributed by atoms with Crippen molar-refractivity contribution in [2.45, 2.75) is 39.2 Å². The number of hydrogen-bond acceptors (Lipinski definition) is 3. The van der Waals surface area contributed by atoms with Crippen LogP contribution in [0.3, 0.4) is 0 Å². The number of aliphatic hydroxyl groups is 1. The van der Waals surface area contributed by atoms with E-state index < -0.39 is 5.60 Å². The van der Waals surface area contributed by atoms with E-state index in [1.54, 1.807) is 18.7 Å². The fraction of sp³-hybridized carbons (Fsp3) is 0.562. The third kappa shape index (κ3) is 7.48. The molecule has 21 heavy (non-hydrogen) atoms. The molecule has 0 saturated heterocycles. The van der Waals surface area contributed by atoms with Gasteiger partial charge in [0.1, 0.15) is 5.75 Å². The zero-order chi connectivity index (χ0) is 15.9. The van der Waals surface area contributed by atoms with Crippen molar-refractivity contribution in [3.05, 3.63) is 28.7 Å². The van der Waals surface area contributed by atoms with Crippen LogP contribution in [0.4, 0.5) is 0 Å². The van der Waals surface area contributed by atoms with Crippen molar-refractivity contribution in [1.29, 1.82) is 0 Å². The second-order valence-corrected chi connectivity index (χ2v) is 6.54. The second-order valence-electron chi connectivity index (χ2n) is 5.63. The van der Waals surface area contributed by atoms with E-state index in [1.165, 1.54) is 0 Å². The summed E-state index contributed by atoms with van der Waals surface area (Å²) in [5, 5.41) is 9.79. The third-order valence-corrected chi connectivity index (χ3v) is 3.46. The maximum atomic E-state index is 12.1. The lowest BCUT2D eigenvalue weighted by Crippen LogP contribution is -2.42. The van der Waals surface area contributed by atoms with E-state index in [9.17, 15) is 9.90 Å². The molecule has 1 rings (SSSR count). The first-order valence-corrected chi connectivity index (χ1v) is 7.99. The van der Waals surface area contributed by atoms with Gasteiger partial charge in [-0.05, 0) is 51.5 Å². The van der Waals surface area contributed by atoms with Crippen LogP contribution in [-0.2, 0) is 4.79 Å². The van der Waals surface area contributed by atoms with E-state index in [2.05, 4.69) is 15.9 Å². The van der Waals surface area contributed by atoms with Gasteiger partial charge in [-0.1, -0.05) is 15.9 Å². The lowest BCUT2D eigenvalue weighted by Gasteiger charge is -2.28. The summed E-state index contributed by atoms with van der Waals surface area (Å²) in [6.07, 6.45) is 1.09. The van der Waals surface area contributed by atoms with Crippen molar-refractivity contribution in [1.82, 2.24) is 4.90 Å². The molecule has 1 N–H and O–H groups in total. The smallest absolute Gasteiger partial charge is 0.222 e. The van der Waals surface area contributed by atoms with E-state index >= 15 is 0 Å². The summed E-state index contributed by atoms with van der Waals surface area (Å²) >= 11 is 3.37. The second kappa shape index (κ2) is 8.39. The van der Waals surface area contributed by atoms with Crippen LogP contribution in [0.1, 0.15) is 33.6 Å². The third-order valence-electron chi connectivity index (χ3n) is 2.93. The molecule has 0 aliphatic heterocycles. The summed E-state index contributed by atoms with van der Waals surface area (Å²) in [5.74, 6) is 0.855. The molecule has 0 bridgehead atoms. The molecule has 0 aromatic heterocycles. The minimum absolute atomic E-state index is 0.0547. The average molecular weight is 358 g/mol. The van der Waals surface area contributed by atoms with Crippen LogP contribution < -0.4 is 4.74 Å². The molecule has 0 aliphatic carbocycles. The predicted molar refractivity (Wildman–Crippen MR) is 87.4 cm³/mol. The first kappa shape index (κ1) is 18.0. The van der Waals surface area contributed by atoms with Gasteiger partial charge in [-0.25, -0.2) is 0 Å². The molecule has 0 unspecified atom stereocenters. The van der Waals surface area contributed by atoms with Crippen LogP contribution in [0, 0.1) is 0 Å². The van der Waals surface area contributed by atoms with Crippen LogP contribution in [-0.4, -0.2) is 41.2 Å². The van der Waals surface area contributed by atoms with E-state index in [-0.39, 0.29) is 5.91 Å². The Morgan fingerprint density at radius 3 is 2.48 bits per heavy atom. The van der Waals surface area contributed by atoms with Gasteiger partial charge in [0.05, 0.1) is 12.2 Å². The molecule has 1 amide bonds. The predicted octanol–water partition coefficient (Wildman–Crippen LogP) is 3.23.